The Morgan fingerprint density at radius 3 is 2.24 bits per heavy atom. The lowest BCUT2D eigenvalue weighted by Crippen LogP contribution is -2.42. The van der Waals surface area contributed by atoms with Gasteiger partial charge in [-0.3, -0.25) is 4.99 Å². The minimum absolute atomic E-state index is 0.0315. The summed E-state index contributed by atoms with van der Waals surface area (Å²) in [5.41, 5.74) is 12.4. The van der Waals surface area contributed by atoms with E-state index in [1.807, 2.05) is 69.3 Å². The smallest absolute Gasteiger partial charge is 0.407 e. The topological polar surface area (TPSA) is 169 Å². The van der Waals surface area contributed by atoms with Gasteiger partial charge in [-0.2, -0.15) is 0 Å². The normalized spacial score (nSPS) is 15.8. The maximum atomic E-state index is 13.4. The molecule has 5 N–H and O–H groups in total. The highest BCUT2D eigenvalue weighted by Gasteiger charge is 2.37. The minimum atomic E-state index is -4.11. The molecule has 3 aromatic rings. The number of sulfonamides is 1. The Labute approximate surface area is 262 Å². The number of carbonyl (C=O) groups is 2. The number of carbonyl (C=O) groups excluding carboxylic acids is 1. The van der Waals surface area contributed by atoms with Crippen LogP contribution in [0.1, 0.15) is 59.6 Å². The predicted molar refractivity (Wildman–Crippen MR) is 170 cm³/mol. The van der Waals surface area contributed by atoms with E-state index in [-0.39, 0.29) is 30.4 Å². The van der Waals surface area contributed by atoms with Crippen LogP contribution in [0.3, 0.4) is 0 Å². The van der Waals surface area contributed by atoms with Crippen LogP contribution in [0.5, 0.6) is 5.75 Å². The maximum absolute atomic E-state index is 13.4. The first-order valence-corrected chi connectivity index (χ1v) is 16.2. The number of alkyl carbamates (subject to hydrolysis) is 1. The van der Waals surface area contributed by atoms with Crippen LogP contribution in [0.25, 0.3) is 11.1 Å². The molecule has 0 saturated carbocycles. The summed E-state index contributed by atoms with van der Waals surface area (Å²) in [6.07, 6.45) is -0.467. The molecule has 1 aliphatic heterocycles. The number of carboxylic acid groups (broad SMARTS) is 1. The number of rotatable bonds is 9. The van der Waals surface area contributed by atoms with Gasteiger partial charge in [0.05, 0.1) is 4.90 Å². The molecule has 1 atom stereocenters. The Morgan fingerprint density at radius 2 is 1.64 bits per heavy atom. The van der Waals surface area contributed by atoms with Crippen molar-refractivity contribution in [2.45, 2.75) is 69.9 Å². The van der Waals surface area contributed by atoms with Crippen molar-refractivity contribution in [2.75, 3.05) is 13.2 Å². The maximum Gasteiger partial charge on any atom is 0.407 e. The fourth-order valence-electron chi connectivity index (χ4n) is 6.22. The van der Waals surface area contributed by atoms with E-state index in [9.17, 15) is 23.1 Å². The molecule has 45 heavy (non-hydrogen) atoms. The number of nitrogens with zero attached hydrogens (tertiary/aromatic N) is 1. The van der Waals surface area contributed by atoms with Gasteiger partial charge in [0.2, 0.25) is 5.96 Å². The summed E-state index contributed by atoms with van der Waals surface area (Å²) in [6.45, 7) is 9.04. The van der Waals surface area contributed by atoms with E-state index in [1.54, 1.807) is 13.8 Å². The van der Waals surface area contributed by atoms with Gasteiger partial charge in [-0.1, -0.05) is 48.5 Å². The fraction of sp³-hybridized carbons (Fsp3) is 0.364. The SMILES string of the molecule is Cc1c(C)c(S(=O)(=O)NC(N)=NCC[C@H](NC(=O)OCC2c3ccccc3-c3ccccc32)C(=O)O)c(C)c2c1OC(C)(C)C2. The van der Waals surface area contributed by atoms with E-state index < -0.39 is 39.7 Å². The van der Waals surface area contributed by atoms with Crippen LogP contribution in [-0.2, 0) is 26.0 Å². The van der Waals surface area contributed by atoms with Crippen molar-refractivity contribution >= 4 is 28.0 Å². The van der Waals surface area contributed by atoms with Gasteiger partial charge in [-0.15, -0.1) is 0 Å². The number of fused-ring (bicyclic) bond motifs is 4. The van der Waals surface area contributed by atoms with E-state index in [0.29, 0.717) is 23.3 Å². The molecular formula is C33H38N4O7S. The Morgan fingerprint density at radius 1 is 1.04 bits per heavy atom. The highest BCUT2D eigenvalue weighted by atomic mass is 32.2. The number of ether oxygens (including phenoxy) is 2. The summed E-state index contributed by atoms with van der Waals surface area (Å²) in [5.74, 6) is -1.15. The van der Waals surface area contributed by atoms with Gasteiger partial charge in [-0.25, -0.2) is 22.7 Å². The molecule has 1 amide bonds. The lowest BCUT2D eigenvalue weighted by molar-refractivity contribution is -0.139. The van der Waals surface area contributed by atoms with Gasteiger partial charge in [0.15, 0.2) is 0 Å². The van der Waals surface area contributed by atoms with Crippen molar-refractivity contribution in [3.8, 4) is 16.9 Å². The van der Waals surface area contributed by atoms with Crippen LogP contribution in [-0.4, -0.2) is 56.3 Å². The second kappa shape index (κ2) is 12.1. The van der Waals surface area contributed by atoms with E-state index in [4.69, 9.17) is 15.2 Å². The summed E-state index contributed by atoms with van der Waals surface area (Å²) < 4.78 is 40.7. The number of carboxylic acids is 1. The molecule has 1 aliphatic carbocycles. The zero-order chi connectivity index (χ0) is 32.7. The first-order chi connectivity index (χ1) is 21.2. The molecule has 5 rings (SSSR count). The largest absolute Gasteiger partial charge is 0.487 e. The quantitative estimate of drug-likeness (QED) is 0.199. The van der Waals surface area contributed by atoms with E-state index in [0.717, 1.165) is 33.4 Å². The van der Waals surface area contributed by atoms with Gasteiger partial charge < -0.3 is 25.6 Å². The zero-order valence-corrected chi connectivity index (χ0v) is 26.7. The van der Waals surface area contributed by atoms with Crippen molar-refractivity contribution < 1.29 is 32.6 Å². The van der Waals surface area contributed by atoms with Crippen LogP contribution < -0.4 is 20.5 Å². The average molecular weight is 635 g/mol. The number of amides is 1. The highest BCUT2D eigenvalue weighted by molar-refractivity contribution is 7.90. The molecule has 238 valence electrons. The molecule has 2 aliphatic rings. The summed E-state index contributed by atoms with van der Waals surface area (Å²) in [7, 11) is -4.11. The van der Waals surface area contributed by atoms with E-state index in [1.165, 1.54) is 0 Å². The molecule has 0 aromatic heterocycles. The number of hydrogen-bond donors (Lipinski definition) is 4. The fourth-order valence-corrected chi connectivity index (χ4v) is 7.75. The Balaban J connectivity index is 1.20. The Hall–Kier alpha value is -4.58. The van der Waals surface area contributed by atoms with E-state index >= 15 is 0 Å². The molecule has 0 bridgehead atoms. The van der Waals surface area contributed by atoms with Crippen LogP contribution in [0, 0.1) is 20.8 Å². The van der Waals surface area contributed by atoms with Crippen LogP contribution in [0.4, 0.5) is 4.79 Å². The van der Waals surface area contributed by atoms with Gasteiger partial charge >= 0.3 is 12.1 Å². The molecule has 12 heteroatoms. The summed E-state index contributed by atoms with van der Waals surface area (Å²) >= 11 is 0. The average Bonchev–Trinajstić information content (AvgIpc) is 3.48. The Kier molecular flexibility index (Phi) is 8.54. The van der Waals surface area contributed by atoms with Crippen LogP contribution >= 0.6 is 0 Å². The minimum Gasteiger partial charge on any atom is -0.487 e. The van der Waals surface area contributed by atoms with Crippen LogP contribution in [0.2, 0.25) is 0 Å². The molecule has 0 unspecified atom stereocenters. The number of guanidine groups is 1. The third kappa shape index (κ3) is 6.32. The number of nitrogens with two attached hydrogens (primary N) is 1. The molecule has 0 saturated heterocycles. The monoisotopic (exact) mass is 634 g/mol. The third-order valence-electron chi connectivity index (χ3n) is 8.43. The summed E-state index contributed by atoms with van der Waals surface area (Å²) in [4.78, 5) is 28.7. The van der Waals surface area contributed by atoms with Gasteiger partial charge in [0.25, 0.3) is 10.0 Å². The number of aliphatic imine (C=N–C) groups is 1. The number of aliphatic carboxylic acids is 1. The standard InChI is InChI=1S/C33H38N4O7S/c1-18-19(2)29(20(3)25-16-33(4,5)44-28(18)25)45(41,42)37-31(34)35-15-14-27(30(38)39)36-32(40)43-17-26-23-12-8-6-10-21(23)22-11-7-9-13-24(22)26/h6-13,26-27H,14-17H2,1-5H3,(H,36,40)(H,38,39)(H3,34,35,37)/t27-/m0/s1. The van der Waals surface area contributed by atoms with Crippen molar-refractivity contribution in [3.05, 3.63) is 81.9 Å². The third-order valence-corrected chi connectivity index (χ3v) is 10.1. The highest BCUT2D eigenvalue weighted by Crippen LogP contribution is 2.45. The molecule has 3 aromatic carbocycles. The second-order valence-corrected chi connectivity index (χ2v) is 13.7. The lowest BCUT2D eigenvalue weighted by Gasteiger charge is -2.19. The first kappa shape index (κ1) is 31.8. The molecule has 11 nitrogen and oxygen atoms in total. The van der Waals surface area contributed by atoms with Crippen molar-refractivity contribution in [2.24, 2.45) is 10.7 Å². The number of benzene rings is 3. The molecular weight excluding hydrogens is 596 g/mol. The Bertz CT molecular complexity index is 1770. The van der Waals surface area contributed by atoms with Crippen LogP contribution in [0.15, 0.2) is 58.4 Å². The van der Waals surface area contributed by atoms with Crippen molar-refractivity contribution in [1.82, 2.24) is 10.0 Å². The van der Waals surface area contributed by atoms with Crippen molar-refractivity contribution in [1.29, 1.82) is 0 Å². The molecule has 0 fully saturated rings. The molecule has 0 spiro atoms. The van der Waals surface area contributed by atoms with Gasteiger partial charge in [0, 0.05) is 24.4 Å². The first-order valence-electron chi connectivity index (χ1n) is 14.7. The van der Waals surface area contributed by atoms with E-state index in [2.05, 4.69) is 15.0 Å². The summed E-state index contributed by atoms with van der Waals surface area (Å²) in [6, 6.07) is 14.4. The molecule has 0 radical (unpaired) electrons. The lowest BCUT2D eigenvalue weighted by atomic mass is 9.94. The summed E-state index contributed by atoms with van der Waals surface area (Å²) in [5, 5.41) is 12.1. The second-order valence-electron chi connectivity index (χ2n) is 12.1. The molecule has 1 heterocycles. The number of hydrogen-bond acceptors (Lipinski definition) is 7. The van der Waals surface area contributed by atoms with Gasteiger partial charge in [-0.05, 0) is 80.0 Å². The predicted octanol–water partition coefficient (Wildman–Crippen LogP) is 4.30. The van der Waals surface area contributed by atoms with Gasteiger partial charge in [0.1, 0.15) is 24.0 Å². The van der Waals surface area contributed by atoms with Crippen molar-refractivity contribution in [3.63, 3.8) is 0 Å². The zero-order valence-electron chi connectivity index (χ0n) is 25.9. The number of nitrogens with one attached hydrogen (secondary N) is 2.